The lowest BCUT2D eigenvalue weighted by Crippen LogP contribution is -1.77. The highest BCUT2D eigenvalue weighted by molar-refractivity contribution is 7.15. The molecule has 0 saturated heterocycles. The highest BCUT2D eigenvalue weighted by Gasteiger charge is 1.94. The number of nitrogens with zero attached hydrogens (tertiary/aromatic N) is 2. The molecular weight excluding hydrogens is 132 g/mol. The van der Waals surface area contributed by atoms with Gasteiger partial charge in [-0.05, 0) is 13.0 Å². The van der Waals surface area contributed by atoms with Gasteiger partial charge in [-0.15, -0.1) is 11.3 Å². The van der Waals surface area contributed by atoms with Gasteiger partial charge in [-0.3, -0.25) is 0 Å². The molecule has 0 spiro atoms. The van der Waals surface area contributed by atoms with Crippen molar-refractivity contribution < 1.29 is 0 Å². The van der Waals surface area contributed by atoms with Crippen molar-refractivity contribution in [2.45, 2.75) is 6.92 Å². The Labute approximate surface area is 56.7 Å². The van der Waals surface area contributed by atoms with E-state index in [0.717, 1.165) is 5.69 Å². The van der Waals surface area contributed by atoms with Crippen LogP contribution in [0.15, 0.2) is 17.6 Å². The van der Waals surface area contributed by atoms with E-state index in [2.05, 4.69) is 11.2 Å². The van der Waals surface area contributed by atoms with Crippen molar-refractivity contribution in [2.75, 3.05) is 0 Å². The molecule has 0 unspecified atom stereocenters. The maximum absolute atomic E-state index is 4.20. The molecule has 2 aromatic heterocycles. The van der Waals surface area contributed by atoms with Crippen molar-refractivity contribution >= 4 is 16.2 Å². The minimum absolute atomic E-state index is 1.09. The number of aromatic nitrogens is 2. The van der Waals surface area contributed by atoms with Crippen LogP contribution in [0.1, 0.15) is 5.69 Å². The first-order chi connectivity index (χ1) is 4.36. The summed E-state index contributed by atoms with van der Waals surface area (Å²) < 4.78 is 1.89. The topological polar surface area (TPSA) is 17.3 Å². The van der Waals surface area contributed by atoms with Crippen molar-refractivity contribution in [3.63, 3.8) is 0 Å². The van der Waals surface area contributed by atoms with E-state index in [1.807, 2.05) is 23.0 Å². The summed E-state index contributed by atoms with van der Waals surface area (Å²) in [6, 6.07) is 2.07. The normalized spacial score (nSPS) is 10.8. The minimum Gasteiger partial charge on any atom is -0.230 e. The fourth-order valence-electron chi connectivity index (χ4n) is 0.846. The number of thiazole rings is 1. The second-order valence-corrected chi connectivity index (χ2v) is 2.90. The van der Waals surface area contributed by atoms with Crippen LogP contribution in [0.4, 0.5) is 0 Å². The van der Waals surface area contributed by atoms with Crippen LogP contribution in [-0.2, 0) is 0 Å². The Morgan fingerprint density at radius 1 is 1.67 bits per heavy atom. The van der Waals surface area contributed by atoms with Gasteiger partial charge < -0.3 is 0 Å². The van der Waals surface area contributed by atoms with Gasteiger partial charge in [0.25, 0.3) is 0 Å². The van der Waals surface area contributed by atoms with E-state index >= 15 is 0 Å². The molecule has 2 nitrogen and oxygen atoms in total. The number of aryl methyl sites for hydroxylation is 1. The van der Waals surface area contributed by atoms with Crippen molar-refractivity contribution in [1.29, 1.82) is 0 Å². The van der Waals surface area contributed by atoms with Crippen LogP contribution in [0.3, 0.4) is 0 Å². The van der Waals surface area contributed by atoms with Gasteiger partial charge in [-0.1, -0.05) is 0 Å². The van der Waals surface area contributed by atoms with E-state index in [9.17, 15) is 0 Å². The van der Waals surface area contributed by atoms with Crippen LogP contribution in [0.2, 0.25) is 0 Å². The standard InChI is InChI=1S/C6H6N2S/c1-5-4-6-8(7-5)2-3-9-6/h2-4H,1H3. The van der Waals surface area contributed by atoms with Gasteiger partial charge >= 0.3 is 0 Å². The number of fused-ring (bicyclic) bond motifs is 1. The summed E-state index contributed by atoms with van der Waals surface area (Å²) in [4.78, 5) is 1.22. The van der Waals surface area contributed by atoms with E-state index in [0.29, 0.717) is 0 Å². The van der Waals surface area contributed by atoms with Gasteiger partial charge in [0.2, 0.25) is 0 Å². The molecule has 2 aromatic rings. The second kappa shape index (κ2) is 1.57. The highest BCUT2D eigenvalue weighted by Crippen LogP contribution is 2.11. The van der Waals surface area contributed by atoms with Gasteiger partial charge in [0.1, 0.15) is 4.83 Å². The molecule has 0 bridgehead atoms. The Bertz CT molecular complexity index is 292. The summed E-state index contributed by atoms with van der Waals surface area (Å²) in [7, 11) is 0. The Kier molecular flexibility index (Phi) is 0.873. The largest absolute Gasteiger partial charge is 0.230 e. The molecule has 0 fully saturated rings. The minimum atomic E-state index is 1.09. The molecule has 0 aliphatic heterocycles. The molecule has 0 radical (unpaired) electrons. The maximum atomic E-state index is 4.20. The quantitative estimate of drug-likeness (QED) is 0.541. The maximum Gasteiger partial charge on any atom is 0.119 e. The summed E-state index contributed by atoms with van der Waals surface area (Å²) in [5.74, 6) is 0. The van der Waals surface area contributed by atoms with Crippen LogP contribution in [0.25, 0.3) is 4.83 Å². The van der Waals surface area contributed by atoms with E-state index in [1.54, 1.807) is 11.3 Å². The molecule has 9 heavy (non-hydrogen) atoms. The van der Waals surface area contributed by atoms with Crippen LogP contribution >= 0.6 is 11.3 Å². The van der Waals surface area contributed by atoms with Crippen molar-refractivity contribution in [3.8, 4) is 0 Å². The van der Waals surface area contributed by atoms with Crippen molar-refractivity contribution in [3.05, 3.63) is 23.3 Å². The zero-order valence-corrected chi connectivity index (χ0v) is 5.85. The summed E-state index contributed by atoms with van der Waals surface area (Å²) in [6.07, 6.45) is 1.97. The molecule has 0 saturated carbocycles. The fourth-order valence-corrected chi connectivity index (χ4v) is 1.61. The van der Waals surface area contributed by atoms with Gasteiger partial charge in [-0.2, -0.15) is 5.10 Å². The summed E-state index contributed by atoms with van der Waals surface area (Å²) in [5, 5.41) is 6.23. The van der Waals surface area contributed by atoms with E-state index < -0.39 is 0 Å². The van der Waals surface area contributed by atoms with Crippen LogP contribution in [0, 0.1) is 6.92 Å². The van der Waals surface area contributed by atoms with Crippen molar-refractivity contribution in [1.82, 2.24) is 9.61 Å². The van der Waals surface area contributed by atoms with E-state index in [4.69, 9.17) is 0 Å². The summed E-state index contributed by atoms with van der Waals surface area (Å²) >= 11 is 1.71. The molecule has 0 amide bonds. The highest BCUT2D eigenvalue weighted by atomic mass is 32.1. The summed E-state index contributed by atoms with van der Waals surface area (Å²) in [6.45, 7) is 2.00. The number of rotatable bonds is 0. The molecule has 0 atom stereocenters. The molecule has 0 aromatic carbocycles. The second-order valence-electron chi connectivity index (χ2n) is 1.97. The van der Waals surface area contributed by atoms with Gasteiger partial charge in [-0.25, -0.2) is 4.52 Å². The predicted molar refractivity (Wildman–Crippen MR) is 37.8 cm³/mol. The first kappa shape index (κ1) is 4.99. The number of hydrogen-bond acceptors (Lipinski definition) is 2. The number of hydrogen-bond donors (Lipinski definition) is 0. The third-order valence-corrected chi connectivity index (χ3v) is 2.02. The van der Waals surface area contributed by atoms with Gasteiger partial charge in [0.15, 0.2) is 0 Å². The van der Waals surface area contributed by atoms with Crippen molar-refractivity contribution in [2.24, 2.45) is 0 Å². The Balaban J connectivity index is 2.92. The van der Waals surface area contributed by atoms with Crippen LogP contribution < -0.4 is 0 Å². The first-order valence-electron chi connectivity index (χ1n) is 2.76. The molecule has 0 N–H and O–H groups in total. The van der Waals surface area contributed by atoms with Gasteiger partial charge in [0, 0.05) is 11.6 Å². The molecule has 2 heterocycles. The Morgan fingerprint density at radius 2 is 2.56 bits per heavy atom. The Hall–Kier alpha value is -0.830. The van der Waals surface area contributed by atoms with Crippen LogP contribution in [0.5, 0.6) is 0 Å². The van der Waals surface area contributed by atoms with E-state index in [1.165, 1.54) is 4.83 Å². The lowest BCUT2D eigenvalue weighted by Gasteiger charge is -1.74. The average Bonchev–Trinajstić information content (AvgIpc) is 2.22. The fraction of sp³-hybridized carbons (Fsp3) is 0.167. The zero-order valence-electron chi connectivity index (χ0n) is 5.03. The summed E-state index contributed by atoms with van der Waals surface area (Å²) in [5.41, 5.74) is 1.09. The molecule has 2 rings (SSSR count). The third kappa shape index (κ3) is 0.650. The third-order valence-electron chi connectivity index (χ3n) is 1.21. The van der Waals surface area contributed by atoms with Gasteiger partial charge in [0.05, 0.1) is 5.69 Å². The molecule has 0 aliphatic carbocycles. The first-order valence-corrected chi connectivity index (χ1v) is 3.64. The van der Waals surface area contributed by atoms with Crippen LogP contribution in [-0.4, -0.2) is 9.61 Å². The predicted octanol–water partition coefficient (Wildman–Crippen LogP) is 1.70. The lowest BCUT2D eigenvalue weighted by molar-refractivity contribution is 0.947. The Morgan fingerprint density at radius 3 is 3.33 bits per heavy atom. The molecule has 0 aliphatic rings. The molecule has 3 heteroatoms. The lowest BCUT2D eigenvalue weighted by atomic mass is 10.5. The molecule has 46 valence electrons. The molecular formula is C6H6N2S. The monoisotopic (exact) mass is 138 g/mol. The SMILES string of the molecule is Cc1cc2sccn2n1. The zero-order chi connectivity index (χ0) is 6.27. The smallest absolute Gasteiger partial charge is 0.119 e. The van der Waals surface area contributed by atoms with E-state index in [-0.39, 0.29) is 0 Å². The average molecular weight is 138 g/mol.